The highest BCUT2D eigenvalue weighted by molar-refractivity contribution is 9.10. The molecule has 0 aromatic heterocycles. The molecular formula is C11H15BrN2O3. The Morgan fingerprint density at radius 3 is 2.76 bits per heavy atom. The minimum atomic E-state index is -0.882. The van der Waals surface area contributed by atoms with E-state index in [9.17, 15) is 4.79 Å². The molecule has 0 saturated heterocycles. The average Bonchev–Trinajstić information content (AvgIpc) is 2.29. The number of carboxylic acids is 1. The van der Waals surface area contributed by atoms with Crippen LogP contribution in [0.4, 0.5) is 5.69 Å². The van der Waals surface area contributed by atoms with Gasteiger partial charge in [0.2, 0.25) is 0 Å². The number of anilines is 1. The summed E-state index contributed by atoms with van der Waals surface area (Å²) in [5, 5.41) is 14.6. The molecule has 0 heterocycles. The molecule has 1 rings (SSSR count). The lowest BCUT2D eigenvalue weighted by atomic mass is 10.2. The first-order chi connectivity index (χ1) is 8.08. The van der Waals surface area contributed by atoms with Gasteiger partial charge in [-0.05, 0) is 41.2 Å². The molecule has 1 aromatic rings. The van der Waals surface area contributed by atoms with Crippen molar-refractivity contribution in [2.45, 2.75) is 6.04 Å². The number of halogens is 1. The van der Waals surface area contributed by atoms with E-state index in [-0.39, 0.29) is 0 Å². The van der Waals surface area contributed by atoms with E-state index in [0.29, 0.717) is 6.54 Å². The molecule has 0 amide bonds. The number of nitrogens with one attached hydrogen (secondary N) is 2. The Bertz CT molecular complexity index is 398. The van der Waals surface area contributed by atoms with Crippen molar-refractivity contribution in [1.82, 2.24) is 5.32 Å². The topological polar surface area (TPSA) is 70.6 Å². The second-order valence-corrected chi connectivity index (χ2v) is 4.26. The van der Waals surface area contributed by atoms with Crippen molar-refractivity contribution < 1.29 is 14.6 Å². The molecule has 17 heavy (non-hydrogen) atoms. The molecule has 1 aromatic carbocycles. The van der Waals surface area contributed by atoms with Crippen molar-refractivity contribution in [2.24, 2.45) is 0 Å². The summed E-state index contributed by atoms with van der Waals surface area (Å²) in [5.74, 6) is -0.147. The van der Waals surface area contributed by atoms with Crippen LogP contribution in [0.5, 0.6) is 5.75 Å². The Morgan fingerprint density at radius 2 is 2.29 bits per heavy atom. The first-order valence-corrected chi connectivity index (χ1v) is 5.85. The third-order valence-electron chi connectivity index (χ3n) is 2.31. The molecule has 1 atom stereocenters. The summed E-state index contributed by atoms with van der Waals surface area (Å²) in [6, 6.07) is 4.86. The molecule has 5 nitrogen and oxygen atoms in total. The van der Waals surface area contributed by atoms with Crippen LogP contribution in [0.2, 0.25) is 0 Å². The molecule has 0 aliphatic heterocycles. The van der Waals surface area contributed by atoms with Crippen molar-refractivity contribution in [2.75, 3.05) is 26.0 Å². The Kier molecular flexibility index (Phi) is 5.24. The van der Waals surface area contributed by atoms with Crippen LogP contribution < -0.4 is 15.4 Å². The molecule has 3 N–H and O–H groups in total. The van der Waals surface area contributed by atoms with E-state index >= 15 is 0 Å². The first kappa shape index (κ1) is 13.8. The molecular weight excluding hydrogens is 288 g/mol. The monoisotopic (exact) mass is 302 g/mol. The van der Waals surface area contributed by atoms with E-state index < -0.39 is 12.0 Å². The predicted molar refractivity (Wildman–Crippen MR) is 69.7 cm³/mol. The Labute approximate surface area is 108 Å². The van der Waals surface area contributed by atoms with Crippen LogP contribution >= 0.6 is 15.9 Å². The van der Waals surface area contributed by atoms with Crippen LogP contribution in [-0.2, 0) is 4.79 Å². The van der Waals surface area contributed by atoms with Gasteiger partial charge in [-0.2, -0.15) is 0 Å². The lowest BCUT2D eigenvalue weighted by Gasteiger charge is -2.14. The first-order valence-electron chi connectivity index (χ1n) is 5.06. The zero-order valence-electron chi connectivity index (χ0n) is 9.66. The molecule has 0 radical (unpaired) electrons. The van der Waals surface area contributed by atoms with Gasteiger partial charge in [0.15, 0.2) is 0 Å². The molecule has 1 unspecified atom stereocenters. The maximum atomic E-state index is 10.8. The van der Waals surface area contributed by atoms with Gasteiger partial charge in [0.1, 0.15) is 11.8 Å². The third-order valence-corrected chi connectivity index (χ3v) is 2.93. The van der Waals surface area contributed by atoms with E-state index in [1.807, 2.05) is 18.2 Å². The van der Waals surface area contributed by atoms with Gasteiger partial charge < -0.3 is 20.5 Å². The quantitative estimate of drug-likeness (QED) is 0.744. The number of benzene rings is 1. The van der Waals surface area contributed by atoms with Crippen LogP contribution in [0.15, 0.2) is 22.7 Å². The predicted octanol–water partition coefficient (Wildman–Crippen LogP) is 1.54. The van der Waals surface area contributed by atoms with Crippen molar-refractivity contribution in [3.8, 4) is 5.75 Å². The Morgan fingerprint density at radius 1 is 1.59 bits per heavy atom. The SMILES string of the molecule is CNC(CNc1ccc(OC)c(Br)c1)C(=O)O. The fraction of sp³-hybridized carbons (Fsp3) is 0.364. The van der Waals surface area contributed by atoms with Gasteiger partial charge >= 0.3 is 5.97 Å². The molecule has 0 saturated carbocycles. The van der Waals surface area contributed by atoms with Crippen molar-refractivity contribution >= 4 is 27.6 Å². The summed E-state index contributed by atoms with van der Waals surface area (Å²) in [6.07, 6.45) is 0. The summed E-state index contributed by atoms with van der Waals surface area (Å²) in [7, 11) is 3.21. The number of carbonyl (C=O) groups is 1. The number of likely N-dealkylation sites (N-methyl/N-ethyl adjacent to an activating group) is 1. The number of ether oxygens (including phenoxy) is 1. The van der Waals surface area contributed by atoms with Gasteiger partial charge in [0.05, 0.1) is 11.6 Å². The number of aliphatic carboxylic acids is 1. The standard InChI is InChI=1S/C11H15BrN2O3/c1-13-9(11(15)16)6-14-7-3-4-10(17-2)8(12)5-7/h3-5,9,13-14H,6H2,1-2H3,(H,15,16). The van der Waals surface area contributed by atoms with E-state index in [1.54, 1.807) is 14.2 Å². The molecule has 0 fully saturated rings. The Hall–Kier alpha value is -1.27. The van der Waals surface area contributed by atoms with Crippen LogP contribution in [0.1, 0.15) is 0 Å². The maximum absolute atomic E-state index is 10.8. The van der Waals surface area contributed by atoms with Crippen molar-refractivity contribution in [3.63, 3.8) is 0 Å². The van der Waals surface area contributed by atoms with E-state index in [4.69, 9.17) is 9.84 Å². The van der Waals surface area contributed by atoms with Crippen LogP contribution in [0.3, 0.4) is 0 Å². The normalized spacial score (nSPS) is 11.9. The molecule has 0 bridgehead atoms. The van der Waals surface area contributed by atoms with E-state index in [1.165, 1.54) is 0 Å². The van der Waals surface area contributed by atoms with Crippen LogP contribution in [0, 0.1) is 0 Å². The molecule has 0 spiro atoms. The summed E-state index contributed by atoms with van der Waals surface area (Å²) in [6.45, 7) is 0.310. The molecule has 0 aliphatic carbocycles. The lowest BCUT2D eigenvalue weighted by Crippen LogP contribution is -2.39. The van der Waals surface area contributed by atoms with E-state index in [0.717, 1.165) is 15.9 Å². The molecule has 0 aliphatic rings. The zero-order valence-corrected chi connectivity index (χ0v) is 11.2. The van der Waals surface area contributed by atoms with Gasteiger partial charge in [-0.25, -0.2) is 0 Å². The highest BCUT2D eigenvalue weighted by Crippen LogP contribution is 2.27. The van der Waals surface area contributed by atoms with Crippen LogP contribution in [0.25, 0.3) is 0 Å². The Balaban J connectivity index is 2.63. The summed E-state index contributed by atoms with van der Waals surface area (Å²) < 4.78 is 5.92. The molecule has 6 heteroatoms. The van der Waals surface area contributed by atoms with Crippen LogP contribution in [-0.4, -0.2) is 37.8 Å². The second kappa shape index (κ2) is 6.46. The average molecular weight is 303 g/mol. The fourth-order valence-electron chi connectivity index (χ4n) is 1.31. The van der Waals surface area contributed by atoms with E-state index in [2.05, 4.69) is 26.6 Å². The highest BCUT2D eigenvalue weighted by Gasteiger charge is 2.14. The van der Waals surface area contributed by atoms with Gasteiger partial charge in [-0.1, -0.05) is 0 Å². The number of hydrogen-bond acceptors (Lipinski definition) is 4. The maximum Gasteiger partial charge on any atom is 0.322 e. The second-order valence-electron chi connectivity index (χ2n) is 3.41. The number of hydrogen-bond donors (Lipinski definition) is 3. The fourth-order valence-corrected chi connectivity index (χ4v) is 1.85. The molecule has 94 valence electrons. The third kappa shape index (κ3) is 3.90. The number of methoxy groups -OCH3 is 1. The summed E-state index contributed by atoms with van der Waals surface area (Å²) >= 11 is 3.36. The lowest BCUT2D eigenvalue weighted by molar-refractivity contribution is -0.138. The van der Waals surface area contributed by atoms with Gasteiger partial charge in [-0.3, -0.25) is 4.79 Å². The van der Waals surface area contributed by atoms with Gasteiger partial charge in [0.25, 0.3) is 0 Å². The zero-order chi connectivity index (χ0) is 12.8. The minimum Gasteiger partial charge on any atom is -0.496 e. The van der Waals surface area contributed by atoms with Crippen molar-refractivity contribution in [3.05, 3.63) is 22.7 Å². The summed E-state index contributed by atoms with van der Waals surface area (Å²) in [4.78, 5) is 10.8. The summed E-state index contributed by atoms with van der Waals surface area (Å²) in [5.41, 5.74) is 0.833. The smallest absolute Gasteiger partial charge is 0.322 e. The van der Waals surface area contributed by atoms with Gasteiger partial charge in [-0.15, -0.1) is 0 Å². The number of carboxylic acid groups (broad SMARTS) is 1. The number of rotatable bonds is 6. The van der Waals surface area contributed by atoms with Gasteiger partial charge in [0, 0.05) is 12.2 Å². The highest BCUT2D eigenvalue weighted by atomic mass is 79.9. The minimum absolute atomic E-state index is 0.310. The largest absolute Gasteiger partial charge is 0.496 e. The van der Waals surface area contributed by atoms with Crippen molar-refractivity contribution in [1.29, 1.82) is 0 Å².